The highest BCUT2D eigenvalue weighted by Gasteiger charge is 2.18. The minimum Gasteiger partial charge on any atom is -0.481 e. The molecule has 5 heteroatoms. The van der Waals surface area contributed by atoms with E-state index in [2.05, 4.69) is 5.32 Å². The normalized spacial score (nSPS) is 11.5. The molecule has 0 radical (unpaired) electrons. The maximum Gasteiger partial charge on any atom is 0.265 e. The van der Waals surface area contributed by atoms with Crippen molar-refractivity contribution in [3.8, 4) is 5.75 Å². The van der Waals surface area contributed by atoms with Crippen molar-refractivity contribution >= 4 is 17.5 Å². The number of benzene rings is 2. The summed E-state index contributed by atoms with van der Waals surface area (Å²) in [5.74, 6) is 0.527. The molecule has 0 aliphatic rings. The summed E-state index contributed by atoms with van der Waals surface area (Å²) in [5, 5.41) is 2.87. The van der Waals surface area contributed by atoms with Gasteiger partial charge in [-0.2, -0.15) is 0 Å². The highest BCUT2D eigenvalue weighted by atomic mass is 16.5. The predicted molar refractivity (Wildman–Crippen MR) is 103 cm³/mol. The van der Waals surface area contributed by atoms with E-state index in [1.54, 1.807) is 31.1 Å². The molecule has 0 aromatic heterocycles. The SMILES string of the molecule is CCC(Oc1ccc(C)cc1)C(=O)Nc1ccc(CC(=O)N(C)C)cc1. The number of aryl methyl sites for hydroxylation is 1. The number of rotatable bonds is 7. The lowest BCUT2D eigenvalue weighted by molar-refractivity contribution is -0.128. The minimum atomic E-state index is -0.562. The van der Waals surface area contributed by atoms with Crippen LogP contribution in [0.15, 0.2) is 48.5 Å². The molecular weight excluding hydrogens is 328 g/mol. The van der Waals surface area contributed by atoms with E-state index in [0.717, 1.165) is 11.1 Å². The lowest BCUT2D eigenvalue weighted by Gasteiger charge is -2.17. The molecule has 0 fully saturated rings. The maximum atomic E-state index is 12.5. The summed E-state index contributed by atoms with van der Waals surface area (Å²) in [6.07, 6.45) is 0.345. The Morgan fingerprint density at radius 1 is 1.04 bits per heavy atom. The largest absolute Gasteiger partial charge is 0.481 e. The molecule has 1 unspecified atom stereocenters. The third kappa shape index (κ3) is 5.62. The Balaban J connectivity index is 1.96. The van der Waals surface area contributed by atoms with E-state index in [1.807, 2.05) is 50.2 Å². The number of ether oxygens (including phenoxy) is 1. The lowest BCUT2D eigenvalue weighted by Crippen LogP contribution is -2.32. The smallest absolute Gasteiger partial charge is 0.265 e. The van der Waals surface area contributed by atoms with Gasteiger partial charge in [0.05, 0.1) is 6.42 Å². The molecule has 138 valence electrons. The molecule has 0 saturated heterocycles. The van der Waals surface area contributed by atoms with Gasteiger partial charge in [-0.05, 0) is 43.2 Å². The summed E-state index contributed by atoms with van der Waals surface area (Å²) in [5.41, 5.74) is 2.73. The monoisotopic (exact) mass is 354 g/mol. The van der Waals surface area contributed by atoms with Crippen LogP contribution in [0.4, 0.5) is 5.69 Å². The van der Waals surface area contributed by atoms with Crippen molar-refractivity contribution in [2.24, 2.45) is 0 Å². The van der Waals surface area contributed by atoms with Crippen LogP contribution in [0.25, 0.3) is 0 Å². The van der Waals surface area contributed by atoms with Gasteiger partial charge in [0.1, 0.15) is 5.75 Å². The van der Waals surface area contributed by atoms with E-state index in [9.17, 15) is 9.59 Å². The standard InChI is InChI=1S/C21H26N2O3/c1-5-19(26-18-12-6-15(2)7-13-18)21(25)22-17-10-8-16(9-11-17)14-20(24)23(3)4/h6-13,19H,5,14H2,1-4H3,(H,22,25). The molecule has 2 aromatic rings. The number of amides is 2. The van der Waals surface area contributed by atoms with E-state index < -0.39 is 6.10 Å². The Labute approximate surface area is 155 Å². The predicted octanol–water partition coefficient (Wildman–Crippen LogP) is 3.42. The number of hydrogen-bond acceptors (Lipinski definition) is 3. The van der Waals surface area contributed by atoms with Crippen LogP contribution in [0, 0.1) is 6.92 Å². The molecule has 0 saturated carbocycles. The summed E-state index contributed by atoms with van der Waals surface area (Å²) in [4.78, 5) is 25.8. The van der Waals surface area contributed by atoms with Gasteiger partial charge in [0, 0.05) is 19.8 Å². The van der Waals surface area contributed by atoms with Crippen molar-refractivity contribution in [3.63, 3.8) is 0 Å². The summed E-state index contributed by atoms with van der Waals surface area (Å²) in [6, 6.07) is 14.9. The average molecular weight is 354 g/mol. The summed E-state index contributed by atoms with van der Waals surface area (Å²) in [7, 11) is 3.46. The van der Waals surface area contributed by atoms with Crippen LogP contribution in [0.3, 0.4) is 0 Å². The topological polar surface area (TPSA) is 58.6 Å². The van der Waals surface area contributed by atoms with E-state index >= 15 is 0 Å². The Hall–Kier alpha value is -2.82. The van der Waals surface area contributed by atoms with Crippen molar-refractivity contribution in [2.75, 3.05) is 19.4 Å². The molecule has 5 nitrogen and oxygen atoms in total. The summed E-state index contributed by atoms with van der Waals surface area (Å²) < 4.78 is 5.79. The number of hydrogen-bond donors (Lipinski definition) is 1. The first-order chi connectivity index (χ1) is 12.4. The molecule has 2 aromatic carbocycles. The molecule has 2 amide bonds. The molecule has 1 N–H and O–H groups in total. The van der Waals surface area contributed by atoms with Crippen LogP contribution in [-0.4, -0.2) is 36.9 Å². The molecule has 0 aliphatic carbocycles. The van der Waals surface area contributed by atoms with Gasteiger partial charge in [0.25, 0.3) is 5.91 Å². The van der Waals surface area contributed by atoms with Gasteiger partial charge >= 0.3 is 0 Å². The lowest BCUT2D eigenvalue weighted by atomic mass is 10.1. The average Bonchev–Trinajstić information content (AvgIpc) is 2.62. The second-order valence-electron chi connectivity index (χ2n) is 6.48. The van der Waals surface area contributed by atoms with E-state index in [0.29, 0.717) is 24.3 Å². The minimum absolute atomic E-state index is 0.0410. The first-order valence-electron chi connectivity index (χ1n) is 8.72. The molecule has 0 aliphatic heterocycles. The number of nitrogens with one attached hydrogen (secondary N) is 1. The molecule has 0 spiro atoms. The van der Waals surface area contributed by atoms with Crippen molar-refractivity contribution in [3.05, 3.63) is 59.7 Å². The highest BCUT2D eigenvalue weighted by molar-refractivity contribution is 5.94. The van der Waals surface area contributed by atoms with Crippen molar-refractivity contribution < 1.29 is 14.3 Å². The Morgan fingerprint density at radius 2 is 1.65 bits per heavy atom. The third-order valence-corrected chi connectivity index (χ3v) is 4.04. The fraction of sp³-hybridized carbons (Fsp3) is 0.333. The fourth-order valence-electron chi connectivity index (χ4n) is 2.36. The first kappa shape index (κ1) is 19.5. The van der Waals surface area contributed by atoms with Crippen molar-refractivity contribution in [1.29, 1.82) is 0 Å². The maximum absolute atomic E-state index is 12.5. The fourth-order valence-corrected chi connectivity index (χ4v) is 2.36. The van der Waals surface area contributed by atoms with Crippen LogP contribution < -0.4 is 10.1 Å². The second-order valence-corrected chi connectivity index (χ2v) is 6.48. The van der Waals surface area contributed by atoms with Gasteiger partial charge in [0.15, 0.2) is 6.10 Å². The van der Waals surface area contributed by atoms with Crippen LogP contribution in [-0.2, 0) is 16.0 Å². The van der Waals surface area contributed by atoms with E-state index in [1.165, 1.54) is 0 Å². The molecule has 0 heterocycles. The number of nitrogens with zero attached hydrogens (tertiary/aromatic N) is 1. The molecule has 1 atom stereocenters. The molecular formula is C21H26N2O3. The zero-order valence-corrected chi connectivity index (χ0v) is 15.8. The van der Waals surface area contributed by atoms with Gasteiger partial charge < -0.3 is 15.0 Å². The zero-order valence-electron chi connectivity index (χ0n) is 15.8. The van der Waals surface area contributed by atoms with Crippen LogP contribution in [0.1, 0.15) is 24.5 Å². The Kier molecular flexibility index (Phi) is 6.78. The number of carbonyl (C=O) groups excluding carboxylic acids is 2. The van der Waals surface area contributed by atoms with Gasteiger partial charge in [0.2, 0.25) is 5.91 Å². The van der Waals surface area contributed by atoms with Crippen LogP contribution >= 0.6 is 0 Å². The Morgan fingerprint density at radius 3 is 2.19 bits per heavy atom. The van der Waals surface area contributed by atoms with Crippen LogP contribution in [0.2, 0.25) is 0 Å². The quantitative estimate of drug-likeness (QED) is 0.829. The summed E-state index contributed by atoms with van der Waals surface area (Å²) >= 11 is 0. The Bertz CT molecular complexity index is 737. The van der Waals surface area contributed by atoms with Gasteiger partial charge in [-0.1, -0.05) is 36.8 Å². The molecule has 2 rings (SSSR count). The molecule has 0 bridgehead atoms. The second kappa shape index (κ2) is 9.04. The van der Waals surface area contributed by atoms with E-state index in [4.69, 9.17) is 4.74 Å². The number of likely N-dealkylation sites (N-methyl/N-ethyl adjacent to an activating group) is 1. The number of anilines is 1. The van der Waals surface area contributed by atoms with Crippen molar-refractivity contribution in [2.45, 2.75) is 32.8 Å². The van der Waals surface area contributed by atoms with E-state index in [-0.39, 0.29) is 11.8 Å². The molecule has 26 heavy (non-hydrogen) atoms. The highest BCUT2D eigenvalue weighted by Crippen LogP contribution is 2.16. The third-order valence-electron chi connectivity index (χ3n) is 4.04. The number of carbonyl (C=O) groups is 2. The summed E-state index contributed by atoms with van der Waals surface area (Å²) in [6.45, 7) is 3.91. The van der Waals surface area contributed by atoms with Gasteiger partial charge in [-0.3, -0.25) is 9.59 Å². The van der Waals surface area contributed by atoms with Crippen LogP contribution in [0.5, 0.6) is 5.75 Å². The van der Waals surface area contributed by atoms with Crippen molar-refractivity contribution in [1.82, 2.24) is 4.90 Å². The first-order valence-corrected chi connectivity index (χ1v) is 8.72. The van der Waals surface area contributed by atoms with Gasteiger partial charge in [-0.25, -0.2) is 0 Å². The zero-order chi connectivity index (χ0) is 19.1. The van der Waals surface area contributed by atoms with Gasteiger partial charge in [-0.15, -0.1) is 0 Å².